The first-order chi connectivity index (χ1) is 18.4. The van der Waals surface area contributed by atoms with Gasteiger partial charge in [0, 0.05) is 44.2 Å². The zero-order valence-electron chi connectivity index (χ0n) is 21.8. The van der Waals surface area contributed by atoms with E-state index < -0.39 is 0 Å². The summed E-state index contributed by atoms with van der Waals surface area (Å²) >= 11 is 0. The summed E-state index contributed by atoms with van der Waals surface area (Å²) in [5, 5.41) is 7.51. The Morgan fingerprint density at radius 3 is 2.34 bits per heavy atom. The van der Waals surface area contributed by atoms with Crippen LogP contribution in [0.1, 0.15) is 24.0 Å². The van der Waals surface area contributed by atoms with Gasteiger partial charge in [0.1, 0.15) is 11.6 Å². The second-order valence-corrected chi connectivity index (χ2v) is 10.0. The van der Waals surface area contributed by atoms with Crippen LogP contribution in [-0.4, -0.2) is 48.0 Å². The minimum Gasteiger partial charge on any atom is -0.365 e. The number of halogens is 1. The first-order valence-electron chi connectivity index (χ1n) is 13.0. The van der Waals surface area contributed by atoms with E-state index in [0.29, 0.717) is 12.5 Å². The number of amides is 1. The molecule has 0 bridgehead atoms. The maximum Gasteiger partial charge on any atom is 0.227 e. The fourth-order valence-electron chi connectivity index (χ4n) is 4.74. The Hall–Kier alpha value is -4.04. The summed E-state index contributed by atoms with van der Waals surface area (Å²) in [5.41, 5.74) is 3.88. The van der Waals surface area contributed by atoms with Gasteiger partial charge in [0.15, 0.2) is 0 Å². The number of nitrogens with zero attached hydrogens (tertiary/aromatic N) is 4. The van der Waals surface area contributed by atoms with Crippen molar-refractivity contribution in [1.29, 1.82) is 0 Å². The Kier molecular flexibility index (Phi) is 7.79. The number of hydrogen-bond acceptors (Lipinski definition) is 6. The van der Waals surface area contributed by atoms with Gasteiger partial charge in [-0.25, -0.2) is 9.37 Å². The van der Waals surface area contributed by atoms with Crippen molar-refractivity contribution in [2.24, 2.45) is 5.92 Å². The number of para-hydroxylation sites is 1. The highest BCUT2D eigenvalue weighted by molar-refractivity contribution is 5.92. The molecule has 1 aliphatic rings. The van der Waals surface area contributed by atoms with Crippen molar-refractivity contribution < 1.29 is 9.18 Å². The molecule has 1 amide bonds. The van der Waals surface area contributed by atoms with Gasteiger partial charge in [0.05, 0.1) is 5.52 Å². The van der Waals surface area contributed by atoms with Crippen LogP contribution in [-0.2, 0) is 17.9 Å². The van der Waals surface area contributed by atoms with Crippen molar-refractivity contribution in [2.75, 3.05) is 42.7 Å². The van der Waals surface area contributed by atoms with Crippen molar-refractivity contribution in [2.45, 2.75) is 25.9 Å². The van der Waals surface area contributed by atoms with E-state index in [0.717, 1.165) is 66.0 Å². The number of carbonyl (C=O) groups excluding carboxylic acids is 1. The van der Waals surface area contributed by atoms with Crippen LogP contribution in [0.2, 0.25) is 0 Å². The molecule has 0 unspecified atom stereocenters. The molecule has 7 nitrogen and oxygen atoms in total. The quantitative estimate of drug-likeness (QED) is 0.334. The molecule has 0 atom stereocenters. The summed E-state index contributed by atoms with van der Waals surface area (Å²) in [6, 6.07) is 22.5. The lowest BCUT2D eigenvalue weighted by molar-refractivity contribution is -0.121. The number of rotatable bonds is 8. The lowest BCUT2D eigenvalue weighted by Crippen LogP contribution is -2.37. The largest absolute Gasteiger partial charge is 0.365 e. The van der Waals surface area contributed by atoms with Crippen molar-refractivity contribution >= 4 is 34.3 Å². The van der Waals surface area contributed by atoms with Gasteiger partial charge in [0.2, 0.25) is 11.9 Å². The molecular weight excluding hydrogens is 479 g/mol. The summed E-state index contributed by atoms with van der Waals surface area (Å²) < 4.78 is 13.1. The van der Waals surface area contributed by atoms with Gasteiger partial charge in [-0.3, -0.25) is 9.69 Å². The van der Waals surface area contributed by atoms with Crippen molar-refractivity contribution in [3.8, 4) is 0 Å². The lowest BCUT2D eigenvalue weighted by Gasteiger charge is -2.31. The fraction of sp³-hybridized carbons (Fsp3) is 0.300. The van der Waals surface area contributed by atoms with Crippen molar-refractivity contribution in [1.82, 2.24) is 14.9 Å². The molecule has 0 aliphatic carbocycles. The number of benzene rings is 3. The van der Waals surface area contributed by atoms with Crippen LogP contribution in [0.3, 0.4) is 0 Å². The van der Waals surface area contributed by atoms with E-state index in [1.807, 2.05) is 79.7 Å². The first-order valence-corrected chi connectivity index (χ1v) is 13.0. The molecule has 1 fully saturated rings. The first kappa shape index (κ1) is 25.6. The SMILES string of the molecule is CN(C)c1nc(NCc2ccc(NC(=O)C3CCN(Cc4ccc(F)cc4)CC3)cc2)c2ccccc2n1. The lowest BCUT2D eigenvalue weighted by atomic mass is 9.95. The Morgan fingerprint density at radius 1 is 0.947 bits per heavy atom. The van der Waals surface area contributed by atoms with E-state index in [2.05, 4.69) is 25.5 Å². The maximum atomic E-state index is 13.1. The summed E-state index contributed by atoms with van der Waals surface area (Å²) in [4.78, 5) is 26.4. The number of anilines is 3. The molecule has 8 heteroatoms. The van der Waals surface area contributed by atoms with E-state index in [4.69, 9.17) is 0 Å². The van der Waals surface area contributed by atoms with Crippen LogP contribution in [0.15, 0.2) is 72.8 Å². The highest BCUT2D eigenvalue weighted by atomic mass is 19.1. The van der Waals surface area contributed by atoms with Crippen molar-refractivity contribution in [3.63, 3.8) is 0 Å². The normalized spacial score (nSPS) is 14.4. The zero-order valence-corrected chi connectivity index (χ0v) is 21.8. The Balaban J connectivity index is 1.13. The number of likely N-dealkylation sites (tertiary alicyclic amines) is 1. The predicted octanol–water partition coefficient (Wildman–Crippen LogP) is 5.30. The summed E-state index contributed by atoms with van der Waals surface area (Å²) in [5.74, 6) is 1.30. The van der Waals surface area contributed by atoms with Crippen LogP contribution in [0.4, 0.5) is 21.8 Å². The van der Waals surface area contributed by atoms with Gasteiger partial charge in [-0.1, -0.05) is 36.4 Å². The highest BCUT2D eigenvalue weighted by Crippen LogP contribution is 2.24. The molecule has 1 aliphatic heterocycles. The van der Waals surface area contributed by atoms with Gasteiger partial charge in [-0.15, -0.1) is 0 Å². The Labute approximate surface area is 222 Å². The summed E-state index contributed by atoms with van der Waals surface area (Å²) in [7, 11) is 3.86. The number of piperidine rings is 1. The van der Waals surface area contributed by atoms with Crippen LogP contribution in [0.25, 0.3) is 10.9 Å². The Bertz CT molecular complexity index is 1380. The molecule has 4 aromatic rings. The van der Waals surface area contributed by atoms with E-state index in [-0.39, 0.29) is 17.6 Å². The second-order valence-electron chi connectivity index (χ2n) is 10.0. The molecular formula is C30H33FN6O. The number of hydrogen-bond donors (Lipinski definition) is 2. The third kappa shape index (κ3) is 6.26. The topological polar surface area (TPSA) is 73.4 Å². The number of aromatic nitrogens is 2. The number of fused-ring (bicyclic) bond motifs is 1. The predicted molar refractivity (Wildman–Crippen MR) is 151 cm³/mol. The minimum atomic E-state index is -0.216. The highest BCUT2D eigenvalue weighted by Gasteiger charge is 2.25. The van der Waals surface area contributed by atoms with E-state index in [1.54, 1.807) is 0 Å². The molecule has 0 spiro atoms. The average molecular weight is 513 g/mol. The third-order valence-electron chi connectivity index (χ3n) is 6.95. The molecule has 38 heavy (non-hydrogen) atoms. The molecule has 3 aromatic carbocycles. The number of nitrogens with one attached hydrogen (secondary N) is 2. The molecule has 196 valence electrons. The van der Waals surface area contributed by atoms with Gasteiger partial charge < -0.3 is 15.5 Å². The average Bonchev–Trinajstić information content (AvgIpc) is 2.94. The molecule has 2 heterocycles. The zero-order chi connectivity index (χ0) is 26.5. The molecule has 0 saturated carbocycles. The van der Waals surface area contributed by atoms with Gasteiger partial charge in [-0.05, 0) is 73.5 Å². The van der Waals surface area contributed by atoms with Gasteiger partial charge in [0.25, 0.3) is 0 Å². The van der Waals surface area contributed by atoms with E-state index in [1.165, 1.54) is 12.1 Å². The van der Waals surface area contributed by atoms with E-state index >= 15 is 0 Å². The summed E-state index contributed by atoms with van der Waals surface area (Å²) in [6.45, 7) is 3.10. The summed E-state index contributed by atoms with van der Waals surface area (Å²) in [6.07, 6.45) is 1.63. The molecule has 1 saturated heterocycles. The fourth-order valence-corrected chi connectivity index (χ4v) is 4.74. The van der Waals surface area contributed by atoms with Gasteiger partial charge in [-0.2, -0.15) is 4.98 Å². The van der Waals surface area contributed by atoms with Crippen LogP contribution in [0, 0.1) is 11.7 Å². The molecule has 2 N–H and O–H groups in total. The Morgan fingerprint density at radius 2 is 1.63 bits per heavy atom. The molecule has 5 rings (SSSR count). The van der Waals surface area contributed by atoms with Crippen molar-refractivity contribution in [3.05, 3.63) is 89.7 Å². The third-order valence-corrected chi connectivity index (χ3v) is 6.95. The standard InChI is InChI=1S/C30H33FN6O/c1-36(2)30-34-27-6-4-3-5-26(27)28(35-30)32-19-21-9-13-25(14-10-21)33-29(38)23-15-17-37(18-16-23)20-22-7-11-24(31)12-8-22/h3-14,23H,15-20H2,1-2H3,(H,33,38)(H,32,34,35). The van der Waals surface area contributed by atoms with Crippen LogP contribution < -0.4 is 15.5 Å². The molecule has 0 radical (unpaired) electrons. The van der Waals surface area contributed by atoms with Gasteiger partial charge >= 0.3 is 0 Å². The minimum absolute atomic E-state index is 0.00208. The smallest absolute Gasteiger partial charge is 0.227 e. The van der Waals surface area contributed by atoms with Crippen LogP contribution in [0.5, 0.6) is 0 Å². The second kappa shape index (κ2) is 11.6. The van der Waals surface area contributed by atoms with E-state index in [9.17, 15) is 9.18 Å². The maximum absolute atomic E-state index is 13.1. The monoisotopic (exact) mass is 512 g/mol. The molecule has 1 aromatic heterocycles. The van der Waals surface area contributed by atoms with Crippen LogP contribution >= 0.6 is 0 Å². The number of carbonyl (C=O) groups is 1.